The molecule has 0 amide bonds. The molecule has 0 bridgehead atoms. The van der Waals surface area contributed by atoms with Crippen LogP contribution in [0.3, 0.4) is 0 Å². The molecule has 0 aromatic carbocycles. The lowest BCUT2D eigenvalue weighted by Gasteiger charge is -2.27. The van der Waals surface area contributed by atoms with Gasteiger partial charge in [-0.1, -0.05) is 6.07 Å². The molecule has 2 aromatic heterocycles. The normalized spacial score (nSPS) is 25.9. The molecule has 0 radical (unpaired) electrons. The minimum atomic E-state index is -0.0989. The van der Waals surface area contributed by atoms with Crippen molar-refractivity contribution < 1.29 is 9.47 Å². The number of rotatable bonds is 5. The lowest BCUT2D eigenvalue weighted by Crippen LogP contribution is -2.36. The van der Waals surface area contributed by atoms with Gasteiger partial charge in [0.1, 0.15) is 0 Å². The molecule has 6 nitrogen and oxygen atoms in total. The van der Waals surface area contributed by atoms with Crippen LogP contribution >= 0.6 is 0 Å². The number of nitrogens with zero attached hydrogens (tertiary/aromatic N) is 2. The molecule has 4 rings (SSSR count). The monoisotopic (exact) mass is 340 g/mol. The lowest BCUT2D eigenvalue weighted by atomic mass is 10.0. The molecule has 6 heteroatoms. The molecule has 132 valence electrons. The van der Waals surface area contributed by atoms with E-state index in [0.29, 0.717) is 12.6 Å². The van der Waals surface area contributed by atoms with Crippen LogP contribution in [0.25, 0.3) is 11.4 Å². The van der Waals surface area contributed by atoms with E-state index in [1.165, 1.54) is 0 Å². The highest BCUT2D eigenvalue weighted by Gasteiger charge is 2.31. The van der Waals surface area contributed by atoms with E-state index in [9.17, 15) is 0 Å². The quantitative estimate of drug-likeness (QED) is 0.872. The number of anilines is 2. The Bertz CT molecular complexity index is 711. The minimum Gasteiger partial charge on any atom is -0.379 e. The molecule has 2 unspecified atom stereocenters. The van der Waals surface area contributed by atoms with Gasteiger partial charge in [-0.05, 0) is 44.0 Å². The Morgan fingerprint density at radius 1 is 1.12 bits per heavy atom. The zero-order valence-corrected chi connectivity index (χ0v) is 14.5. The van der Waals surface area contributed by atoms with Crippen molar-refractivity contribution in [3.05, 3.63) is 36.5 Å². The van der Waals surface area contributed by atoms with E-state index < -0.39 is 0 Å². The Morgan fingerprint density at radius 3 is 2.80 bits per heavy atom. The first kappa shape index (κ1) is 16.3. The predicted octanol–water partition coefficient (Wildman–Crippen LogP) is 2.94. The number of hydrogen-bond donors (Lipinski definition) is 2. The van der Waals surface area contributed by atoms with Gasteiger partial charge in [-0.25, -0.2) is 4.98 Å². The Hall–Kier alpha value is -2.18. The van der Waals surface area contributed by atoms with Gasteiger partial charge in [0.2, 0.25) is 0 Å². The average Bonchev–Trinajstić information content (AvgIpc) is 3.29. The van der Waals surface area contributed by atoms with Crippen molar-refractivity contribution in [2.75, 3.05) is 37.1 Å². The van der Waals surface area contributed by atoms with E-state index >= 15 is 0 Å². The zero-order chi connectivity index (χ0) is 17.1. The Balaban J connectivity index is 1.65. The maximum atomic E-state index is 5.58. The topological polar surface area (TPSA) is 68.3 Å². The first-order valence-electron chi connectivity index (χ1n) is 8.85. The van der Waals surface area contributed by atoms with Crippen molar-refractivity contribution in [2.24, 2.45) is 0 Å². The molecule has 2 saturated heterocycles. The summed E-state index contributed by atoms with van der Waals surface area (Å²) in [4.78, 5) is 9.28. The van der Waals surface area contributed by atoms with Crippen LogP contribution in [-0.2, 0) is 9.47 Å². The second kappa shape index (κ2) is 6.98. The second-order valence-electron chi connectivity index (χ2n) is 7.00. The second-order valence-corrected chi connectivity index (χ2v) is 7.00. The molecular formula is C19H24N4O2. The third-order valence-electron chi connectivity index (χ3n) is 4.75. The van der Waals surface area contributed by atoms with E-state index in [-0.39, 0.29) is 5.54 Å². The molecule has 0 spiro atoms. The van der Waals surface area contributed by atoms with Crippen molar-refractivity contribution in [2.45, 2.75) is 31.3 Å². The van der Waals surface area contributed by atoms with E-state index in [1.54, 1.807) is 6.20 Å². The fraction of sp³-hybridized carbons (Fsp3) is 0.474. The average molecular weight is 340 g/mol. The maximum absolute atomic E-state index is 5.58. The number of nitrogens with one attached hydrogen (secondary N) is 2. The molecule has 4 heterocycles. The molecule has 0 aliphatic carbocycles. The smallest absolute Gasteiger partial charge is 0.150 e. The summed E-state index contributed by atoms with van der Waals surface area (Å²) in [5, 5.41) is 7.17. The van der Waals surface area contributed by atoms with Crippen LogP contribution in [0, 0.1) is 0 Å². The van der Waals surface area contributed by atoms with E-state index in [1.807, 2.05) is 24.3 Å². The predicted molar refractivity (Wildman–Crippen MR) is 97.8 cm³/mol. The Kier molecular flexibility index (Phi) is 4.55. The number of pyridine rings is 2. The highest BCUT2D eigenvalue weighted by molar-refractivity contribution is 5.70. The van der Waals surface area contributed by atoms with Crippen LogP contribution in [0.15, 0.2) is 36.5 Å². The van der Waals surface area contributed by atoms with Crippen molar-refractivity contribution >= 4 is 11.5 Å². The van der Waals surface area contributed by atoms with Gasteiger partial charge in [-0.2, -0.15) is 0 Å². The summed E-state index contributed by atoms with van der Waals surface area (Å²) in [6.07, 6.45) is 3.77. The zero-order valence-electron chi connectivity index (χ0n) is 14.5. The summed E-state index contributed by atoms with van der Waals surface area (Å²) in [7, 11) is 0. The Labute approximate surface area is 148 Å². The van der Waals surface area contributed by atoms with Crippen LogP contribution in [0.1, 0.15) is 19.8 Å². The summed E-state index contributed by atoms with van der Waals surface area (Å²) >= 11 is 0. The fourth-order valence-corrected chi connectivity index (χ4v) is 3.25. The van der Waals surface area contributed by atoms with Crippen molar-refractivity contribution in [3.63, 3.8) is 0 Å². The molecule has 0 saturated carbocycles. The standard InChI is InChI=1S/C19H24N4O2/c1-19(8-11-25-13-19)23-18-17(21-14-7-10-24-12-14)6-5-16(22-18)15-4-2-3-9-20-15/h2-6,9,14,21H,7-8,10-13H2,1H3,(H,22,23). The number of hydrogen-bond acceptors (Lipinski definition) is 6. The molecule has 2 aliphatic heterocycles. The third-order valence-corrected chi connectivity index (χ3v) is 4.75. The van der Waals surface area contributed by atoms with Gasteiger partial charge in [-0.15, -0.1) is 0 Å². The van der Waals surface area contributed by atoms with E-state index in [2.05, 4.69) is 28.6 Å². The van der Waals surface area contributed by atoms with E-state index in [4.69, 9.17) is 14.5 Å². The van der Waals surface area contributed by atoms with Crippen LogP contribution in [0.2, 0.25) is 0 Å². The van der Waals surface area contributed by atoms with Gasteiger partial charge in [0, 0.05) is 19.4 Å². The molecule has 2 N–H and O–H groups in total. The summed E-state index contributed by atoms with van der Waals surface area (Å²) in [5.41, 5.74) is 2.63. The summed E-state index contributed by atoms with van der Waals surface area (Å²) in [5.74, 6) is 0.850. The summed E-state index contributed by atoms with van der Waals surface area (Å²) in [6, 6.07) is 10.3. The fourth-order valence-electron chi connectivity index (χ4n) is 3.25. The number of ether oxygens (including phenoxy) is 2. The first-order valence-corrected chi connectivity index (χ1v) is 8.85. The highest BCUT2D eigenvalue weighted by atomic mass is 16.5. The first-order chi connectivity index (χ1) is 12.2. The molecule has 25 heavy (non-hydrogen) atoms. The van der Waals surface area contributed by atoms with E-state index in [0.717, 1.165) is 55.6 Å². The maximum Gasteiger partial charge on any atom is 0.150 e. The summed E-state index contributed by atoms with van der Waals surface area (Å²) in [6.45, 7) is 5.20. The van der Waals surface area contributed by atoms with Crippen LogP contribution < -0.4 is 10.6 Å². The molecule has 2 fully saturated rings. The van der Waals surface area contributed by atoms with Gasteiger partial charge < -0.3 is 20.1 Å². The lowest BCUT2D eigenvalue weighted by molar-refractivity contribution is 0.185. The van der Waals surface area contributed by atoms with Crippen molar-refractivity contribution in [3.8, 4) is 11.4 Å². The third kappa shape index (κ3) is 3.75. The van der Waals surface area contributed by atoms with Gasteiger partial charge in [0.15, 0.2) is 5.82 Å². The molecule has 2 atom stereocenters. The van der Waals surface area contributed by atoms with Crippen LogP contribution in [0.4, 0.5) is 11.5 Å². The number of aromatic nitrogens is 2. The van der Waals surface area contributed by atoms with Crippen LogP contribution in [0.5, 0.6) is 0 Å². The SMILES string of the molecule is CC1(Nc2nc(-c3ccccn3)ccc2NC2CCOC2)CCOC1. The Morgan fingerprint density at radius 2 is 2.08 bits per heavy atom. The van der Waals surface area contributed by atoms with Gasteiger partial charge in [0.05, 0.1) is 41.9 Å². The van der Waals surface area contributed by atoms with Gasteiger partial charge in [0.25, 0.3) is 0 Å². The largest absolute Gasteiger partial charge is 0.379 e. The van der Waals surface area contributed by atoms with Gasteiger partial charge >= 0.3 is 0 Å². The summed E-state index contributed by atoms with van der Waals surface area (Å²) < 4.78 is 11.1. The molecular weight excluding hydrogens is 316 g/mol. The molecule has 2 aromatic rings. The minimum absolute atomic E-state index is 0.0989. The van der Waals surface area contributed by atoms with Crippen LogP contribution in [-0.4, -0.2) is 48.0 Å². The van der Waals surface area contributed by atoms with Crippen molar-refractivity contribution in [1.29, 1.82) is 0 Å². The van der Waals surface area contributed by atoms with Crippen molar-refractivity contribution in [1.82, 2.24) is 9.97 Å². The van der Waals surface area contributed by atoms with Gasteiger partial charge in [-0.3, -0.25) is 4.98 Å². The highest BCUT2D eigenvalue weighted by Crippen LogP contribution is 2.30. The molecule has 2 aliphatic rings.